The highest BCUT2D eigenvalue weighted by atomic mass is 16.5. The van der Waals surface area contributed by atoms with Gasteiger partial charge in [0.15, 0.2) is 0 Å². The molecular weight excluding hydrogens is 348 g/mol. The van der Waals surface area contributed by atoms with Crippen molar-refractivity contribution in [3.05, 3.63) is 36.4 Å². The molecule has 0 bridgehead atoms. The molecule has 1 aromatic rings. The number of carbonyl (C=O) groups excluding carboxylic acids is 3. The molecule has 1 aromatic carbocycles. The third-order valence-electron chi connectivity index (χ3n) is 5.59. The molecule has 27 heavy (non-hydrogen) atoms. The lowest BCUT2D eigenvalue weighted by molar-refractivity contribution is -0.145. The number of ether oxygens (including phenoxy) is 1. The Morgan fingerprint density at radius 1 is 1.33 bits per heavy atom. The summed E-state index contributed by atoms with van der Waals surface area (Å²) < 4.78 is 4.91. The highest BCUT2D eigenvalue weighted by Gasteiger charge is 2.50. The maximum atomic E-state index is 13.2. The van der Waals surface area contributed by atoms with E-state index in [4.69, 9.17) is 4.74 Å². The first-order valence-corrected chi connectivity index (χ1v) is 9.04. The second kappa shape index (κ2) is 7.42. The summed E-state index contributed by atoms with van der Waals surface area (Å²) in [6, 6.07) is 3.59. The molecule has 2 amide bonds. The maximum absolute atomic E-state index is 13.2. The zero-order valence-corrected chi connectivity index (χ0v) is 15.4. The van der Waals surface area contributed by atoms with Gasteiger partial charge in [-0.1, -0.05) is 19.4 Å². The number of amides is 2. The van der Waals surface area contributed by atoms with Crippen LogP contribution in [0.25, 0.3) is 0 Å². The van der Waals surface area contributed by atoms with Crippen molar-refractivity contribution in [2.24, 2.45) is 5.41 Å². The van der Waals surface area contributed by atoms with E-state index in [1.165, 1.54) is 30.2 Å². The van der Waals surface area contributed by atoms with Gasteiger partial charge in [0.2, 0.25) is 5.91 Å². The fourth-order valence-corrected chi connectivity index (χ4v) is 4.24. The quantitative estimate of drug-likeness (QED) is 0.481. The van der Waals surface area contributed by atoms with Crippen LogP contribution in [-0.4, -0.2) is 47.5 Å². The lowest BCUT2D eigenvalue weighted by Gasteiger charge is -2.25. The van der Waals surface area contributed by atoms with Crippen LogP contribution in [0.1, 0.15) is 42.5 Å². The third kappa shape index (κ3) is 3.67. The Morgan fingerprint density at radius 3 is 2.67 bits per heavy atom. The van der Waals surface area contributed by atoms with Crippen LogP contribution in [0.3, 0.4) is 0 Å². The number of carbonyl (C=O) groups is 3. The monoisotopic (exact) mass is 372 g/mol. The Labute approximate surface area is 158 Å². The van der Waals surface area contributed by atoms with E-state index in [1.807, 2.05) is 0 Å². The minimum absolute atomic E-state index is 0.0424. The zero-order chi connectivity index (χ0) is 19.6. The summed E-state index contributed by atoms with van der Waals surface area (Å²) in [5.74, 6) is -1.51. The molecule has 1 spiro atoms. The van der Waals surface area contributed by atoms with Crippen molar-refractivity contribution in [3.63, 3.8) is 0 Å². The summed E-state index contributed by atoms with van der Waals surface area (Å²) in [6.07, 6.45) is 5.83. The van der Waals surface area contributed by atoms with E-state index in [1.54, 1.807) is 0 Å². The van der Waals surface area contributed by atoms with Gasteiger partial charge in [-0.2, -0.15) is 0 Å². The number of benzene rings is 1. The Kier molecular flexibility index (Phi) is 5.21. The second-order valence-corrected chi connectivity index (χ2v) is 7.31. The molecule has 1 heterocycles. The van der Waals surface area contributed by atoms with Crippen LogP contribution in [-0.2, 0) is 14.3 Å². The fourth-order valence-electron chi connectivity index (χ4n) is 4.24. The topological polar surface area (TPSA) is 95.9 Å². The SMILES string of the molecule is C=CC(=O)Nc1ccc(O)c(C(=O)N2CC3(CCCC3)CC2C(=O)OC)c1. The van der Waals surface area contributed by atoms with Gasteiger partial charge in [-0.25, -0.2) is 4.79 Å². The number of likely N-dealkylation sites (tertiary alicyclic amines) is 1. The average molecular weight is 372 g/mol. The Morgan fingerprint density at radius 2 is 2.04 bits per heavy atom. The van der Waals surface area contributed by atoms with Crippen LogP contribution in [0.5, 0.6) is 5.75 Å². The molecule has 1 atom stereocenters. The summed E-state index contributed by atoms with van der Waals surface area (Å²) >= 11 is 0. The van der Waals surface area contributed by atoms with Crippen LogP contribution < -0.4 is 5.32 Å². The Balaban J connectivity index is 1.90. The van der Waals surface area contributed by atoms with Gasteiger partial charge in [0.05, 0.1) is 12.7 Å². The number of anilines is 1. The second-order valence-electron chi connectivity index (χ2n) is 7.31. The van der Waals surface area contributed by atoms with Gasteiger partial charge in [-0.15, -0.1) is 0 Å². The van der Waals surface area contributed by atoms with E-state index in [-0.39, 0.29) is 16.7 Å². The molecule has 3 rings (SSSR count). The smallest absolute Gasteiger partial charge is 0.328 e. The van der Waals surface area contributed by atoms with Gasteiger partial charge in [0.25, 0.3) is 5.91 Å². The summed E-state index contributed by atoms with van der Waals surface area (Å²) in [7, 11) is 1.31. The molecule has 1 aliphatic heterocycles. The number of aromatic hydroxyl groups is 1. The number of esters is 1. The Bertz CT molecular complexity index is 783. The first kappa shape index (κ1) is 18.9. The number of hydrogen-bond acceptors (Lipinski definition) is 5. The van der Waals surface area contributed by atoms with Gasteiger partial charge in [0.1, 0.15) is 11.8 Å². The number of phenols is 1. The van der Waals surface area contributed by atoms with E-state index in [9.17, 15) is 19.5 Å². The molecule has 7 heteroatoms. The van der Waals surface area contributed by atoms with Crippen LogP contribution >= 0.6 is 0 Å². The van der Waals surface area contributed by atoms with Crippen molar-refractivity contribution in [1.29, 1.82) is 0 Å². The molecule has 7 nitrogen and oxygen atoms in total. The highest BCUT2D eigenvalue weighted by Crippen LogP contribution is 2.48. The molecule has 1 saturated carbocycles. The molecule has 0 radical (unpaired) electrons. The number of hydrogen-bond donors (Lipinski definition) is 2. The van der Waals surface area contributed by atoms with Gasteiger partial charge in [-0.05, 0) is 49.0 Å². The molecule has 1 saturated heterocycles. The van der Waals surface area contributed by atoms with Gasteiger partial charge < -0.3 is 20.1 Å². The Hall–Kier alpha value is -2.83. The van der Waals surface area contributed by atoms with Crippen molar-refractivity contribution in [2.75, 3.05) is 19.0 Å². The van der Waals surface area contributed by atoms with Gasteiger partial charge in [-0.3, -0.25) is 9.59 Å². The summed E-state index contributed by atoms with van der Waals surface area (Å²) in [4.78, 5) is 38.5. The van der Waals surface area contributed by atoms with Crippen LogP contribution in [0.4, 0.5) is 5.69 Å². The predicted octanol–water partition coefficient (Wildman–Crippen LogP) is 2.46. The predicted molar refractivity (Wildman–Crippen MR) is 99.3 cm³/mol. The molecule has 144 valence electrons. The number of phenolic OH excluding ortho intramolecular Hbond substituents is 1. The minimum atomic E-state index is -0.661. The highest BCUT2D eigenvalue weighted by molar-refractivity contribution is 6.03. The van der Waals surface area contributed by atoms with E-state index in [0.29, 0.717) is 18.7 Å². The lowest BCUT2D eigenvalue weighted by atomic mass is 9.84. The summed E-state index contributed by atoms with van der Waals surface area (Å²) in [6.45, 7) is 3.85. The molecule has 2 fully saturated rings. The van der Waals surface area contributed by atoms with Crippen LogP contribution in [0.15, 0.2) is 30.9 Å². The third-order valence-corrected chi connectivity index (χ3v) is 5.59. The number of rotatable bonds is 4. The first-order chi connectivity index (χ1) is 12.9. The lowest BCUT2D eigenvalue weighted by Crippen LogP contribution is -2.41. The fraction of sp³-hybridized carbons (Fsp3) is 0.450. The molecular formula is C20H24N2O5. The van der Waals surface area contributed by atoms with Crippen LogP contribution in [0.2, 0.25) is 0 Å². The van der Waals surface area contributed by atoms with Gasteiger partial charge in [0, 0.05) is 12.2 Å². The molecule has 2 N–H and O–H groups in total. The van der Waals surface area contributed by atoms with Crippen molar-refractivity contribution >= 4 is 23.5 Å². The van der Waals surface area contributed by atoms with Crippen molar-refractivity contribution in [1.82, 2.24) is 4.90 Å². The molecule has 0 aromatic heterocycles. The average Bonchev–Trinajstić information content (AvgIpc) is 3.29. The van der Waals surface area contributed by atoms with Crippen molar-refractivity contribution in [2.45, 2.75) is 38.1 Å². The normalized spacial score (nSPS) is 20.5. The van der Waals surface area contributed by atoms with Crippen LogP contribution in [0, 0.1) is 5.41 Å². The number of nitrogens with zero attached hydrogens (tertiary/aromatic N) is 1. The van der Waals surface area contributed by atoms with Gasteiger partial charge >= 0.3 is 5.97 Å². The molecule has 1 unspecified atom stereocenters. The molecule has 1 aliphatic carbocycles. The van der Waals surface area contributed by atoms with E-state index in [2.05, 4.69) is 11.9 Å². The van der Waals surface area contributed by atoms with E-state index >= 15 is 0 Å². The molecule has 2 aliphatic rings. The number of methoxy groups -OCH3 is 1. The zero-order valence-electron chi connectivity index (χ0n) is 15.4. The minimum Gasteiger partial charge on any atom is -0.507 e. The largest absolute Gasteiger partial charge is 0.507 e. The standard InChI is InChI=1S/C20H24N2O5/c1-3-17(24)21-13-6-7-16(23)14(10-13)18(25)22-12-20(8-4-5-9-20)11-15(22)19(26)27-2/h3,6-7,10,15,23H,1,4-5,8-9,11-12H2,2H3,(H,21,24). The van der Waals surface area contributed by atoms with E-state index in [0.717, 1.165) is 31.8 Å². The maximum Gasteiger partial charge on any atom is 0.328 e. The number of nitrogens with one attached hydrogen (secondary N) is 1. The van der Waals surface area contributed by atoms with Crippen molar-refractivity contribution in [3.8, 4) is 5.75 Å². The summed E-state index contributed by atoms with van der Waals surface area (Å²) in [5, 5.41) is 12.8. The van der Waals surface area contributed by atoms with E-state index < -0.39 is 23.8 Å². The summed E-state index contributed by atoms with van der Waals surface area (Å²) in [5.41, 5.74) is 0.352. The first-order valence-electron chi connectivity index (χ1n) is 9.04. The van der Waals surface area contributed by atoms with Crippen molar-refractivity contribution < 1.29 is 24.2 Å².